The molecular weight excluding hydrogens is 384 g/mol. The first-order valence-corrected chi connectivity index (χ1v) is 13.5. The normalized spacial score (nSPS) is 18.2. The van der Waals surface area contributed by atoms with E-state index in [1.165, 1.54) is 112 Å². The lowest BCUT2D eigenvalue weighted by Gasteiger charge is -2.26. The van der Waals surface area contributed by atoms with Crippen molar-refractivity contribution in [2.45, 2.75) is 110 Å². The third-order valence-electron chi connectivity index (χ3n) is 7.19. The van der Waals surface area contributed by atoms with Crippen molar-refractivity contribution in [2.75, 3.05) is 0 Å². The van der Waals surface area contributed by atoms with Crippen molar-refractivity contribution in [3.05, 3.63) is 70.8 Å². The van der Waals surface area contributed by atoms with Gasteiger partial charge in [-0.2, -0.15) is 0 Å². The van der Waals surface area contributed by atoms with E-state index in [1.807, 2.05) is 0 Å². The summed E-state index contributed by atoms with van der Waals surface area (Å²) in [5, 5.41) is 0. The molecule has 2 aromatic carbocycles. The topological polar surface area (TPSA) is 0 Å². The Morgan fingerprint density at radius 3 is 1.84 bits per heavy atom. The zero-order valence-electron chi connectivity index (χ0n) is 20.7. The molecule has 0 unspecified atom stereocenters. The fourth-order valence-corrected chi connectivity index (χ4v) is 4.96. The maximum absolute atomic E-state index is 3.58. The maximum Gasteiger partial charge on any atom is 0.0245 e. The van der Waals surface area contributed by atoms with Crippen molar-refractivity contribution >= 4 is 0 Å². The van der Waals surface area contributed by atoms with Crippen LogP contribution in [0, 0.1) is 17.8 Å². The predicted octanol–water partition coefficient (Wildman–Crippen LogP) is 9.26. The Labute approximate surface area is 198 Å². The molecule has 0 heterocycles. The Kier molecular flexibility index (Phi) is 10.9. The van der Waals surface area contributed by atoms with Gasteiger partial charge in [0.15, 0.2) is 0 Å². The fraction of sp³-hybridized carbons (Fsp3) is 0.562. The first-order chi connectivity index (χ1) is 15.8. The maximum atomic E-state index is 3.58. The smallest absolute Gasteiger partial charge is 0.0245 e. The van der Waals surface area contributed by atoms with Gasteiger partial charge >= 0.3 is 0 Å². The van der Waals surface area contributed by atoms with Crippen molar-refractivity contribution in [1.82, 2.24) is 0 Å². The first-order valence-electron chi connectivity index (χ1n) is 13.5. The summed E-state index contributed by atoms with van der Waals surface area (Å²) < 4.78 is 0. The lowest BCUT2D eigenvalue weighted by molar-refractivity contribution is 0.384. The van der Waals surface area contributed by atoms with Gasteiger partial charge in [0.05, 0.1) is 0 Å². The first kappa shape index (κ1) is 24.6. The van der Waals surface area contributed by atoms with Crippen molar-refractivity contribution in [3.8, 4) is 11.8 Å². The summed E-state index contributed by atoms with van der Waals surface area (Å²) >= 11 is 0. The molecule has 0 N–H and O–H groups in total. The van der Waals surface area contributed by atoms with Crippen LogP contribution >= 0.6 is 0 Å². The zero-order valence-corrected chi connectivity index (χ0v) is 20.7. The van der Waals surface area contributed by atoms with E-state index in [0.29, 0.717) is 5.92 Å². The van der Waals surface area contributed by atoms with Crippen molar-refractivity contribution in [2.24, 2.45) is 5.92 Å². The lowest BCUT2D eigenvalue weighted by atomic mass is 9.78. The standard InChI is InChI=1S/C32H44/c1-3-5-7-8-9-10-12-28-13-15-29(16-14-28)17-18-30-21-25-32(26-22-30)31-23-19-27(20-24-31)11-6-4-2/h13-16,19-20,23-24,30,32H,3-12,21-22,25-26H2,1-2H3. The summed E-state index contributed by atoms with van der Waals surface area (Å²) in [7, 11) is 0. The van der Waals surface area contributed by atoms with Crippen LogP contribution < -0.4 is 0 Å². The van der Waals surface area contributed by atoms with Gasteiger partial charge in [-0.25, -0.2) is 0 Å². The van der Waals surface area contributed by atoms with Crippen LogP contribution in [0.1, 0.15) is 119 Å². The van der Waals surface area contributed by atoms with E-state index in [-0.39, 0.29) is 0 Å². The summed E-state index contributed by atoms with van der Waals surface area (Å²) in [6.45, 7) is 4.55. The number of unbranched alkanes of at least 4 members (excludes halogenated alkanes) is 6. The van der Waals surface area contributed by atoms with Crippen LogP contribution in [-0.4, -0.2) is 0 Å². The Bertz CT molecular complexity index is 807. The Balaban J connectivity index is 1.39. The molecule has 3 rings (SSSR count). The van der Waals surface area contributed by atoms with E-state index in [2.05, 4.69) is 74.2 Å². The Morgan fingerprint density at radius 2 is 1.19 bits per heavy atom. The second kappa shape index (κ2) is 14.2. The van der Waals surface area contributed by atoms with Gasteiger partial charge in [0.2, 0.25) is 0 Å². The van der Waals surface area contributed by atoms with Gasteiger partial charge in [-0.05, 0) is 86.1 Å². The molecule has 0 radical (unpaired) electrons. The predicted molar refractivity (Wildman–Crippen MR) is 140 cm³/mol. The monoisotopic (exact) mass is 428 g/mol. The highest BCUT2D eigenvalue weighted by Crippen LogP contribution is 2.35. The molecule has 0 heteroatoms. The zero-order chi connectivity index (χ0) is 22.4. The highest BCUT2D eigenvalue weighted by atomic mass is 14.2. The van der Waals surface area contributed by atoms with Crippen LogP contribution in [-0.2, 0) is 12.8 Å². The Morgan fingerprint density at radius 1 is 0.625 bits per heavy atom. The largest absolute Gasteiger partial charge is 0.0945 e. The van der Waals surface area contributed by atoms with Crippen LogP contribution in [0.4, 0.5) is 0 Å². The van der Waals surface area contributed by atoms with Crippen LogP contribution in [0.5, 0.6) is 0 Å². The summed E-state index contributed by atoms with van der Waals surface area (Å²) in [6, 6.07) is 18.5. The second-order valence-corrected chi connectivity index (χ2v) is 9.88. The number of aryl methyl sites for hydroxylation is 2. The lowest BCUT2D eigenvalue weighted by Crippen LogP contribution is -2.12. The molecule has 1 saturated carbocycles. The molecule has 0 spiro atoms. The van der Waals surface area contributed by atoms with Crippen LogP contribution in [0.2, 0.25) is 0 Å². The van der Waals surface area contributed by atoms with Crippen molar-refractivity contribution in [1.29, 1.82) is 0 Å². The SMILES string of the molecule is CCCCCCCCc1ccc(C#CC2CCC(c3ccc(CCCC)cc3)CC2)cc1. The van der Waals surface area contributed by atoms with Gasteiger partial charge in [0.25, 0.3) is 0 Å². The van der Waals surface area contributed by atoms with E-state index in [0.717, 1.165) is 5.92 Å². The highest BCUT2D eigenvalue weighted by molar-refractivity contribution is 5.37. The minimum absolute atomic E-state index is 0.567. The third-order valence-corrected chi connectivity index (χ3v) is 7.19. The molecule has 0 amide bonds. The van der Waals surface area contributed by atoms with Gasteiger partial charge in [0, 0.05) is 11.5 Å². The van der Waals surface area contributed by atoms with E-state index >= 15 is 0 Å². The average Bonchev–Trinajstić information content (AvgIpc) is 2.85. The Hall–Kier alpha value is -2.00. The summed E-state index contributed by atoms with van der Waals surface area (Å²) in [5.74, 6) is 8.35. The van der Waals surface area contributed by atoms with Crippen molar-refractivity contribution in [3.63, 3.8) is 0 Å². The molecule has 0 saturated heterocycles. The quantitative estimate of drug-likeness (QED) is 0.247. The number of hydrogen-bond donors (Lipinski definition) is 0. The molecule has 0 bridgehead atoms. The average molecular weight is 429 g/mol. The molecule has 0 aromatic heterocycles. The van der Waals surface area contributed by atoms with E-state index < -0.39 is 0 Å². The van der Waals surface area contributed by atoms with E-state index in [1.54, 1.807) is 0 Å². The molecule has 2 aromatic rings. The minimum Gasteiger partial charge on any atom is -0.0945 e. The third kappa shape index (κ3) is 8.50. The molecule has 0 nitrogen and oxygen atoms in total. The molecule has 0 atom stereocenters. The van der Waals surface area contributed by atoms with Gasteiger partial charge in [-0.15, -0.1) is 0 Å². The van der Waals surface area contributed by atoms with E-state index in [4.69, 9.17) is 0 Å². The van der Waals surface area contributed by atoms with Gasteiger partial charge < -0.3 is 0 Å². The molecule has 1 aliphatic rings. The number of hydrogen-bond acceptors (Lipinski definition) is 0. The molecule has 1 aliphatic carbocycles. The second-order valence-electron chi connectivity index (χ2n) is 9.88. The molecular formula is C32H44. The van der Waals surface area contributed by atoms with Gasteiger partial charge in [-0.1, -0.05) is 101 Å². The van der Waals surface area contributed by atoms with Gasteiger partial charge in [-0.3, -0.25) is 0 Å². The summed E-state index contributed by atoms with van der Waals surface area (Å²) in [5.41, 5.74) is 5.68. The van der Waals surface area contributed by atoms with Crippen molar-refractivity contribution < 1.29 is 0 Å². The fourth-order valence-electron chi connectivity index (χ4n) is 4.96. The molecule has 0 aliphatic heterocycles. The molecule has 1 fully saturated rings. The number of benzene rings is 2. The molecule has 32 heavy (non-hydrogen) atoms. The van der Waals surface area contributed by atoms with Gasteiger partial charge in [0.1, 0.15) is 0 Å². The summed E-state index contributed by atoms with van der Waals surface area (Å²) in [4.78, 5) is 0. The summed E-state index contributed by atoms with van der Waals surface area (Å²) in [6.07, 6.45) is 18.3. The van der Waals surface area contributed by atoms with Crippen LogP contribution in [0.25, 0.3) is 0 Å². The minimum atomic E-state index is 0.567. The highest BCUT2D eigenvalue weighted by Gasteiger charge is 2.21. The number of rotatable bonds is 11. The van der Waals surface area contributed by atoms with Crippen LogP contribution in [0.3, 0.4) is 0 Å². The van der Waals surface area contributed by atoms with Crippen LogP contribution in [0.15, 0.2) is 48.5 Å². The molecule has 172 valence electrons. The van der Waals surface area contributed by atoms with E-state index in [9.17, 15) is 0 Å².